The molecule has 1 heterocycles. The number of halogens is 2. The predicted molar refractivity (Wildman–Crippen MR) is 108 cm³/mol. The molecular formula is C22H17ClFN3O. The highest BCUT2D eigenvalue weighted by Gasteiger charge is 2.14. The van der Waals surface area contributed by atoms with Crippen molar-refractivity contribution in [3.05, 3.63) is 101 Å². The van der Waals surface area contributed by atoms with Gasteiger partial charge in [0.05, 0.1) is 24.1 Å². The summed E-state index contributed by atoms with van der Waals surface area (Å²) in [5.41, 5.74) is 2.77. The number of hydrogen-bond acceptors (Lipinski definition) is 2. The third-order valence-electron chi connectivity index (χ3n) is 4.53. The normalized spacial score (nSPS) is 10.9. The molecule has 0 unspecified atom stereocenters. The molecule has 0 fully saturated rings. The van der Waals surface area contributed by atoms with Crippen LogP contribution in [0.1, 0.15) is 21.7 Å². The molecule has 4 aromatic rings. The van der Waals surface area contributed by atoms with Gasteiger partial charge in [-0.2, -0.15) is 0 Å². The van der Waals surface area contributed by atoms with E-state index in [2.05, 4.69) is 10.3 Å². The smallest absolute Gasteiger partial charge is 0.251 e. The number of carbonyl (C=O) groups excluding carboxylic acids is 1. The lowest BCUT2D eigenvalue weighted by Crippen LogP contribution is -2.25. The Morgan fingerprint density at radius 2 is 1.71 bits per heavy atom. The molecule has 3 aromatic carbocycles. The molecule has 1 amide bonds. The fourth-order valence-electron chi connectivity index (χ4n) is 3.10. The first kappa shape index (κ1) is 18.2. The van der Waals surface area contributed by atoms with Gasteiger partial charge in [-0.1, -0.05) is 41.9 Å². The average molecular weight is 394 g/mol. The minimum Gasteiger partial charge on any atom is -0.345 e. The van der Waals surface area contributed by atoms with Crippen molar-refractivity contribution in [1.29, 1.82) is 0 Å². The van der Waals surface area contributed by atoms with Gasteiger partial charge < -0.3 is 9.88 Å². The topological polar surface area (TPSA) is 46.9 Å². The Morgan fingerprint density at radius 3 is 2.50 bits per heavy atom. The summed E-state index contributed by atoms with van der Waals surface area (Å²) < 4.78 is 16.1. The molecule has 140 valence electrons. The summed E-state index contributed by atoms with van der Waals surface area (Å²) in [7, 11) is 0. The number of imidazole rings is 1. The summed E-state index contributed by atoms with van der Waals surface area (Å²) in [6, 6.07) is 21.0. The van der Waals surface area contributed by atoms with Gasteiger partial charge in [-0.05, 0) is 42.5 Å². The summed E-state index contributed by atoms with van der Waals surface area (Å²) >= 11 is 5.87. The van der Waals surface area contributed by atoms with Gasteiger partial charge in [-0.3, -0.25) is 4.79 Å². The highest BCUT2D eigenvalue weighted by molar-refractivity contribution is 6.30. The highest BCUT2D eigenvalue weighted by atomic mass is 35.5. The average Bonchev–Trinajstić information content (AvgIpc) is 3.06. The van der Waals surface area contributed by atoms with Gasteiger partial charge in [0.1, 0.15) is 11.6 Å². The SMILES string of the molecule is O=C(NCc1nc2ccccc2n1Cc1ccccc1F)c1ccc(Cl)cc1. The Balaban J connectivity index is 1.62. The summed E-state index contributed by atoms with van der Waals surface area (Å²) in [5, 5.41) is 3.45. The van der Waals surface area contributed by atoms with Crippen molar-refractivity contribution < 1.29 is 9.18 Å². The Kier molecular flexibility index (Phi) is 5.08. The van der Waals surface area contributed by atoms with Crippen molar-refractivity contribution in [3.63, 3.8) is 0 Å². The number of amides is 1. The van der Waals surface area contributed by atoms with Gasteiger partial charge in [0.15, 0.2) is 0 Å². The Hall–Kier alpha value is -3.18. The molecule has 0 radical (unpaired) electrons. The van der Waals surface area contributed by atoms with Crippen molar-refractivity contribution in [3.8, 4) is 0 Å². The molecule has 0 saturated carbocycles. The molecule has 4 rings (SSSR count). The van der Waals surface area contributed by atoms with E-state index in [4.69, 9.17) is 11.6 Å². The van der Waals surface area contributed by atoms with Gasteiger partial charge in [0, 0.05) is 16.1 Å². The van der Waals surface area contributed by atoms with Crippen molar-refractivity contribution in [2.45, 2.75) is 13.1 Å². The quantitative estimate of drug-likeness (QED) is 0.529. The number of fused-ring (bicyclic) bond motifs is 1. The molecule has 28 heavy (non-hydrogen) atoms. The lowest BCUT2D eigenvalue weighted by atomic mass is 10.2. The van der Waals surface area contributed by atoms with Gasteiger partial charge in [-0.15, -0.1) is 0 Å². The molecule has 0 aliphatic heterocycles. The maximum absolute atomic E-state index is 14.2. The van der Waals surface area contributed by atoms with Crippen molar-refractivity contribution in [1.82, 2.24) is 14.9 Å². The Bertz CT molecular complexity index is 1140. The van der Waals surface area contributed by atoms with Crippen molar-refractivity contribution >= 4 is 28.5 Å². The van der Waals surface area contributed by atoms with Crippen LogP contribution in [0.5, 0.6) is 0 Å². The number of hydrogen-bond donors (Lipinski definition) is 1. The predicted octanol–water partition coefficient (Wildman–Crippen LogP) is 4.81. The fraction of sp³-hybridized carbons (Fsp3) is 0.0909. The lowest BCUT2D eigenvalue weighted by molar-refractivity contribution is 0.0949. The maximum Gasteiger partial charge on any atom is 0.251 e. The van der Waals surface area contributed by atoms with Crippen LogP contribution < -0.4 is 5.32 Å². The molecule has 0 spiro atoms. The second-order valence-electron chi connectivity index (χ2n) is 6.38. The monoisotopic (exact) mass is 393 g/mol. The number of benzene rings is 3. The first-order valence-electron chi connectivity index (χ1n) is 8.83. The Labute approximate surface area is 166 Å². The number of rotatable bonds is 5. The van der Waals surface area contributed by atoms with E-state index >= 15 is 0 Å². The largest absolute Gasteiger partial charge is 0.345 e. The standard InChI is InChI=1S/C22H17ClFN3O/c23-17-11-9-15(10-12-17)22(28)25-13-21-26-19-7-3-4-8-20(19)27(21)14-16-5-1-2-6-18(16)24/h1-12H,13-14H2,(H,25,28). The summed E-state index contributed by atoms with van der Waals surface area (Å²) in [5.74, 6) is 0.171. The molecule has 0 aliphatic carbocycles. The molecule has 1 aromatic heterocycles. The van der Waals surface area contributed by atoms with Crippen molar-refractivity contribution in [2.75, 3.05) is 0 Å². The molecular weight excluding hydrogens is 377 g/mol. The summed E-state index contributed by atoms with van der Waals surface area (Å²) in [4.78, 5) is 17.0. The molecule has 0 saturated heterocycles. The van der Waals surface area contributed by atoms with Crippen LogP contribution in [0, 0.1) is 5.82 Å². The number of nitrogens with zero attached hydrogens (tertiary/aromatic N) is 2. The highest BCUT2D eigenvalue weighted by Crippen LogP contribution is 2.19. The van der Waals surface area contributed by atoms with Crippen LogP contribution in [0.3, 0.4) is 0 Å². The molecule has 1 N–H and O–H groups in total. The van der Waals surface area contributed by atoms with Gasteiger partial charge in [0.25, 0.3) is 5.91 Å². The second-order valence-corrected chi connectivity index (χ2v) is 6.82. The van der Waals surface area contributed by atoms with E-state index in [1.807, 2.05) is 28.8 Å². The van der Waals surface area contributed by atoms with Crippen LogP contribution in [-0.4, -0.2) is 15.5 Å². The zero-order valence-electron chi connectivity index (χ0n) is 14.9. The van der Waals surface area contributed by atoms with E-state index in [1.165, 1.54) is 6.07 Å². The molecule has 0 aliphatic rings. The van der Waals surface area contributed by atoms with Gasteiger partial charge in [-0.25, -0.2) is 9.37 Å². The second kappa shape index (κ2) is 7.82. The number of carbonyl (C=O) groups is 1. The van der Waals surface area contributed by atoms with Crippen LogP contribution in [-0.2, 0) is 13.1 Å². The molecule has 4 nitrogen and oxygen atoms in total. The van der Waals surface area contributed by atoms with Crippen LogP contribution in [0.2, 0.25) is 5.02 Å². The van der Waals surface area contributed by atoms with Crippen LogP contribution in [0.25, 0.3) is 11.0 Å². The van der Waals surface area contributed by atoms with Crippen molar-refractivity contribution in [2.24, 2.45) is 0 Å². The van der Waals surface area contributed by atoms with E-state index in [0.29, 0.717) is 28.5 Å². The van der Waals surface area contributed by atoms with Crippen LogP contribution in [0.15, 0.2) is 72.8 Å². The van der Waals surface area contributed by atoms with E-state index in [-0.39, 0.29) is 18.3 Å². The first-order chi connectivity index (χ1) is 13.6. The number of aromatic nitrogens is 2. The summed E-state index contributed by atoms with van der Waals surface area (Å²) in [6.45, 7) is 0.559. The van der Waals surface area contributed by atoms with Crippen LogP contribution in [0.4, 0.5) is 4.39 Å². The minimum atomic E-state index is -0.267. The van der Waals surface area contributed by atoms with Crippen LogP contribution >= 0.6 is 11.6 Å². The first-order valence-corrected chi connectivity index (χ1v) is 9.21. The molecule has 6 heteroatoms. The van der Waals surface area contributed by atoms with E-state index < -0.39 is 0 Å². The lowest BCUT2D eigenvalue weighted by Gasteiger charge is -2.11. The third-order valence-corrected chi connectivity index (χ3v) is 4.79. The van der Waals surface area contributed by atoms with Gasteiger partial charge in [0.2, 0.25) is 0 Å². The van der Waals surface area contributed by atoms with E-state index in [1.54, 1.807) is 42.5 Å². The number of para-hydroxylation sites is 2. The maximum atomic E-state index is 14.2. The summed E-state index contributed by atoms with van der Waals surface area (Å²) in [6.07, 6.45) is 0. The number of nitrogens with one attached hydrogen (secondary N) is 1. The Morgan fingerprint density at radius 1 is 1.00 bits per heavy atom. The fourth-order valence-corrected chi connectivity index (χ4v) is 3.22. The van der Waals surface area contributed by atoms with E-state index in [9.17, 15) is 9.18 Å². The van der Waals surface area contributed by atoms with E-state index in [0.717, 1.165) is 11.0 Å². The third kappa shape index (κ3) is 3.75. The zero-order chi connectivity index (χ0) is 19.5. The minimum absolute atomic E-state index is 0.221. The molecule has 0 atom stereocenters. The molecule has 0 bridgehead atoms. The van der Waals surface area contributed by atoms with Gasteiger partial charge >= 0.3 is 0 Å². The zero-order valence-corrected chi connectivity index (χ0v) is 15.7.